The second-order valence-electron chi connectivity index (χ2n) is 3.58. The second-order valence-corrected chi connectivity index (χ2v) is 5.25. The van der Waals surface area contributed by atoms with Crippen LogP contribution in [0.15, 0.2) is 4.99 Å². The van der Waals surface area contributed by atoms with E-state index in [2.05, 4.69) is 39.6 Å². The molecule has 0 bridgehead atoms. The molecule has 0 aliphatic rings. The average molecular weight is 159 g/mol. The molecule has 0 radical (unpaired) electrons. The number of hydrogen-bond acceptors (Lipinski definition) is 2. The van der Waals surface area contributed by atoms with Crippen LogP contribution in [0.3, 0.4) is 0 Å². The zero-order valence-electron chi connectivity index (χ0n) is 7.51. The third kappa shape index (κ3) is 8.02. The van der Waals surface area contributed by atoms with Gasteiger partial charge in [-0.25, -0.2) is 0 Å². The largest absolute Gasteiger partial charge is 0.284 e. The van der Waals surface area contributed by atoms with Gasteiger partial charge in [0.05, 0.1) is 5.55 Å². The molecule has 0 fully saturated rings. The van der Waals surface area contributed by atoms with E-state index in [-0.39, 0.29) is 0 Å². The van der Waals surface area contributed by atoms with Crippen molar-refractivity contribution >= 4 is 17.3 Å². The lowest BCUT2D eigenvalue weighted by molar-refractivity contribution is 0.808. The summed E-state index contributed by atoms with van der Waals surface area (Å²) in [5.41, 5.74) is 1.95. The highest BCUT2D eigenvalue weighted by atomic mass is 32.2. The van der Waals surface area contributed by atoms with Gasteiger partial charge in [-0.3, -0.25) is 4.99 Å². The van der Waals surface area contributed by atoms with E-state index in [1.54, 1.807) is 11.8 Å². The van der Waals surface area contributed by atoms with Crippen LogP contribution in [-0.2, 0) is 0 Å². The van der Waals surface area contributed by atoms with Gasteiger partial charge in [0, 0.05) is 10.8 Å². The Morgan fingerprint density at radius 2 is 1.80 bits per heavy atom. The van der Waals surface area contributed by atoms with Crippen LogP contribution in [-0.4, -0.2) is 16.3 Å². The Kier molecular flexibility index (Phi) is 4.02. The fourth-order valence-electron chi connectivity index (χ4n) is 0.310. The normalized spacial score (nSPS) is 13.4. The Morgan fingerprint density at radius 3 is 2.10 bits per heavy atom. The quantitative estimate of drug-likeness (QED) is 0.446. The molecule has 10 heavy (non-hydrogen) atoms. The van der Waals surface area contributed by atoms with E-state index in [4.69, 9.17) is 0 Å². The molecule has 2 heteroatoms. The van der Waals surface area contributed by atoms with Gasteiger partial charge in [-0.05, 0) is 13.8 Å². The Bertz CT molecular complexity index is 111. The third-order valence-electron chi connectivity index (χ3n) is 0.765. The van der Waals surface area contributed by atoms with Gasteiger partial charge in [0.15, 0.2) is 0 Å². The molecule has 0 amide bonds. The summed E-state index contributed by atoms with van der Waals surface area (Å²) < 4.78 is 0.304. The number of rotatable bonds is 2. The van der Waals surface area contributed by atoms with Gasteiger partial charge in [0.1, 0.15) is 0 Å². The van der Waals surface area contributed by atoms with Crippen LogP contribution in [0.1, 0.15) is 34.6 Å². The summed E-state index contributed by atoms with van der Waals surface area (Å²) in [5.74, 6) is 0. The SMILES string of the molecule is CC(C)N=CSC(C)(C)C. The van der Waals surface area contributed by atoms with E-state index in [9.17, 15) is 0 Å². The molecule has 0 spiro atoms. The highest BCUT2D eigenvalue weighted by Gasteiger charge is 2.07. The highest BCUT2D eigenvalue weighted by Crippen LogP contribution is 2.20. The van der Waals surface area contributed by atoms with Crippen LogP contribution < -0.4 is 0 Å². The number of thioether (sulfide) groups is 1. The maximum Gasteiger partial charge on any atom is 0.0549 e. The lowest BCUT2D eigenvalue weighted by Gasteiger charge is -2.13. The molecule has 0 saturated carbocycles. The minimum atomic E-state index is 0.304. The Labute approximate surface area is 68.3 Å². The van der Waals surface area contributed by atoms with Crippen molar-refractivity contribution in [2.45, 2.75) is 45.4 Å². The molecular weight excluding hydrogens is 142 g/mol. The number of aliphatic imine (C=N–C) groups is 1. The molecule has 0 N–H and O–H groups in total. The Morgan fingerprint density at radius 1 is 1.30 bits per heavy atom. The van der Waals surface area contributed by atoms with Crippen molar-refractivity contribution in [2.24, 2.45) is 4.99 Å². The zero-order valence-corrected chi connectivity index (χ0v) is 8.33. The average Bonchev–Trinajstić information content (AvgIpc) is 1.59. The second kappa shape index (κ2) is 4.02. The summed E-state index contributed by atoms with van der Waals surface area (Å²) in [7, 11) is 0. The maximum atomic E-state index is 4.25. The van der Waals surface area contributed by atoms with E-state index in [1.807, 2.05) is 5.55 Å². The lowest BCUT2D eigenvalue weighted by Crippen LogP contribution is -2.06. The lowest BCUT2D eigenvalue weighted by atomic mass is 10.3. The highest BCUT2D eigenvalue weighted by molar-refractivity contribution is 8.13. The van der Waals surface area contributed by atoms with Crippen LogP contribution >= 0.6 is 11.8 Å². The van der Waals surface area contributed by atoms with Gasteiger partial charge < -0.3 is 0 Å². The summed E-state index contributed by atoms with van der Waals surface area (Å²) in [6, 6.07) is 0.426. The van der Waals surface area contributed by atoms with Gasteiger partial charge in [0.25, 0.3) is 0 Å². The predicted octanol–water partition coefficient (Wildman–Crippen LogP) is 2.95. The molecule has 1 nitrogen and oxygen atoms in total. The van der Waals surface area contributed by atoms with Gasteiger partial charge in [-0.1, -0.05) is 20.8 Å². The van der Waals surface area contributed by atoms with Crippen molar-refractivity contribution in [3.05, 3.63) is 0 Å². The fraction of sp³-hybridized carbons (Fsp3) is 0.875. The van der Waals surface area contributed by atoms with Crippen molar-refractivity contribution in [1.29, 1.82) is 0 Å². The molecule has 0 aromatic carbocycles. The van der Waals surface area contributed by atoms with Gasteiger partial charge in [-0.2, -0.15) is 0 Å². The van der Waals surface area contributed by atoms with E-state index in [0.29, 0.717) is 10.8 Å². The van der Waals surface area contributed by atoms with Crippen molar-refractivity contribution in [2.75, 3.05) is 0 Å². The standard InChI is InChI=1S/C8H17NS/c1-7(2)9-6-10-8(3,4)5/h6-7H,1-5H3. The molecule has 0 atom stereocenters. The van der Waals surface area contributed by atoms with E-state index in [1.165, 1.54) is 0 Å². The molecule has 0 saturated heterocycles. The first-order valence-electron chi connectivity index (χ1n) is 3.61. The number of hydrogen-bond donors (Lipinski definition) is 0. The smallest absolute Gasteiger partial charge is 0.0549 e. The van der Waals surface area contributed by atoms with Crippen LogP contribution in [0.4, 0.5) is 0 Å². The van der Waals surface area contributed by atoms with Crippen molar-refractivity contribution in [3.63, 3.8) is 0 Å². The first-order valence-corrected chi connectivity index (χ1v) is 4.49. The van der Waals surface area contributed by atoms with Gasteiger partial charge in [0.2, 0.25) is 0 Å². The topological polar surface area (TPSA) is 12.4 Å². The Balaban J connectivity index is 3.54. The molecule has 0 aromatic heterocycles. The molecule has 0 rings (SSSR count). The van der Waals surface area contributed by atoms with E-state index in [0.717, 1.165) is 0 Å². The molecule has 0 unspecified atom stereocenters. The monoisotopic (exact) mass is 159 g/mol. The van der Waals surface area contributed by atoms with Crippen molar-refractivity contribution in [3.8, 4) is 0 Å². The molecule has 0 aliphatic heterocycles. The number of nitrogens with zero attached hydrogens (tertiary/aromatic N) is 1. The van der Waals surface area contributed by atoms with Crippen molar-refractivity contribution in [1.82, 2.24) is 0 Å². The zero-order chi connectivity index (χ0) is 8.20. The molecule has 0 aromatic rings. The van der Waals surface area contributed by atoms with Crippen LogP contribution in [0.5, 0.6) is 0 Å². The minimum absolute atomic E-state index is 0.304. The summed E-state index contributed by atoms with van der Waals surface area (Å²) in [6.45, 7) is 10.7. The molecule has 60 valence electrons. The van der Waals surface area contributed by atoms with E-state index >= 15 is 0 Å². The maximum absolute atomic E-state index is 4.25. The first-order chi connectivity index (χ1) is 4.42. The van der Waals surface area contributed by atoms with Crippen LogP contribution in [0.2, 0.25) is 0 Å². The summed E-state index contributed by atoms with van der Waals surface area (Å²) >= 11 is 1.77. The van der Waals surface area contributed by atoms with Crippen molar-refractivity contribution < 1.29 is 0 Å². The van der Waals surface area contributed by atoms with Crippen LogP contribution in [0.25, 0.3) is 0 Å². The summed E-state index contributed by atoms with van der Waals surface area (Å²) in [6.07, 6.45) is 0. The van der Waals surface area contributed by atoms with Gasteiger partial charge >= 0.3 is 0 Å². The van der Waals surface area contributed by atoms with Gasteiger partial charge in [-0.15, -0.1) is 11.8 Å². The van der Waals surface area contributed by atoms with E-state index < -0.39 is 0 Å². The third-order valence-corrected chi connectivity index (χ3v) is 1.70. The predicted molar refractivity (Wildman–Crippen MR) is 51.0 cm³/mol. The molecule has 0 aliphatic carbocycles. The molecule has 0 heterocycles. The first kappa shape index (κ1) is 10.0. The summed E-state index contributed by atoms with van der Waals surface area (Å²) in [4.78, 5) is 4.25. The van der Waals surface area contributed by atoms with Crippen LogP contribution in [0, 0.1) is 0 Å². The Hall–Kier alpha value is 0.0200. The minimum Gasteiger partial charge on any atom is -0.284 e. The summed E-state index contributed by atoms with van der Waals surface area (Å²) in [5, 5.41) is 0. The fourth-order valence-corrected chi connectivity index (χ4v) is 0.931. The molecular formula is C8H17NS.